The molecule has 0 saturated carbocycles. The van der Waals surface area contributed by atoms with Crippen LogP contribution in [0.5, 0.6) is 0 Å². The first-order chi connectivity index (χ1) is 16.0. The van der Waals surface area contributed by atoms with Crippen LogP contribution in [0, 0.1) is 5.82 Å². The molecule has 6 heteroatoms. The predicted molar refractivity (Wildman–Crippen MR) is 127 cm³/mol. The van der Waals surface area contributed by atoms with Crippen molar-refractivity contribution in [1.29, 1.82) is 0 Å². The molecule has 1 amide bonds. The summed E-state index contributed by atoms with van der Waals surface area (Å²) < 4.78 is 13.5. The summed E-state index contributed by atoms with van der Waals surface area (Å²) >= 11 is 6.19. The van der Waals surface area contributed by atoms with Gasteiger partial charge in [-0.15, -0.1) is 0 Å². The molecule has 1 atom stereocenters. The van der Waals surface area contributed by atoms with Crippen LogP contribution in [0.4, 0.5) is 10.1 Å². The number of aliphatic hydroxyl groups excluding tert-OH is 1. The van der Waals surface area contributed by atoms with Crippen LogP contribution < -0.4 is 4.90 Å². The highest BCUT2D eigenvalue weighted by molar-refractivity contribution is 6.52. The van der Waals surface area contributed by atoms with Crippen LogP contribution in [0.2, 0.25) is 5.02 Å². The lowest BCUT2D eigenvalue weighted by molar-refractivity contribution is -0.132. The van der Waals surface area contributed by atoms with Crippen molar-refractivity contribution >= 4 is 45.5 Å². The Morgan fingerprint density at radius 2 is 1.58 bits per heavy atom. The molecule has 1 unspecified atom stereocenters. The number of hydrogen-bond donors (Lipinski definition) is 1. The largest absolute Gasteiger partial charge is 0.507 e. The third-order valence-corrected chi connectivity index (χ3v) is 6.00. The molecule has 0 spiro atoms. The van der Waals surface area contributed by atoms with Crippen LogP contribution in [-0.2, 0) is 9.59 Å². The molecule has 1 saturated heterocycles. The summed E-state index contributed by atoms with van der Waals surface area (Å²) in [7, 11) is 0. The van der Waals surface area contributed by atoms with Crippen molar-refractivity contribution in [3.05, 3.63) is 119 Å². The molecule has 33 heavy (non-hydrogen) atoms. The van der Waals surface area contributed by atoms with Gasteiger partial charge in [0.2, 0.25) is 0 Å². The Morgan fingerprint density at radius 1 is 0.879 bits per heavy atom. The Balaban J connectivity index is 1.81. The number of rotatable bonds is 3. The predicted octanol–water partition coefficient (Wildman–Crippen LogP) is 6.26. The van der Waals surface area contributed by atoms with E-state index in [2.05, 4.69) is 0 Å². The second kappa shape index (κ2) is 8.19. The number of anilines is 1. The third kappa shape index (κ3) is 3.56. The molecule has 1 heterocycles. The molecule has 162 valence electrons. The normalized spacial score (nSPS) is 17.6. The van der Waals surface area contributed by atoms with E-state index >= 15 is 0 Å². The fraction of sp³-hybridized carbons (Fsp3) is 0.0370. The number of benzene rings is 4. The molecule has 5 rings (SSSR count). The average Bonchev–Trinajstić information content (AvgIpc) is 3.09. The van der Waals surface area contributed by atoms with Crippen molar-refractivity contribution in [3.8, 4) is 0 Å². The zero-order valence-corrected chi connectivity index (χ0v) is 18.0. The van der Waals surface area contributed by atoms with E-state index in [4.69, 9.17) is 11.6 Å². The second-order valence-corrected chi connectivity index (χ2v) is 8.16. The van der Waals surface area contributed by atoms with Crippen LogP contribution in [-0.4, -0.2) is 16.8 Å². The molecule has 0 radical (unpaired) electrons. The number of hydrogen-bond acceptors (Lipinski definition) is 3. The van der Waals surface area contributed by atoms with E-state index in [1.54, 1.807) is 24.3 Å². The van der Waals surface area contributed by atoms with Crippen LogP contribution in [0.25, 0.3) is 16.5 Å². The first-order valence-electron chi connectivity index (χ1n) is 10.3. The number of fused-ring (bicyclic) bond motifs is 1. The molecule has 4 aromatic carbocycles. The fourth-order valence-electron chi connectivity index (χ4n) is 4.27. The molecule has 0 aliphatic carbocycles. The summed E-state index contributed by atoms with van der Waals surface area (Å²) in [5.74, 6) is -2.44. The second-order valence-electron chi connectivity index (χ2n) is 7.72. The molecule has 0 bridgehead atoms. The Morgan fingerprint density at radius 3 is 2.33 bits per heavy atom. The van der Waals surface area contributed by atoms with Gasteiger partial charge in [0.05, 0.1) is 11.6 Å². The van der Waals surface area contributed by atoms with Crippen LogP contribution in [0.1, 0.15) is 17.2 Å². The van der Waals surface area contributed by atoms with E-state index in [0.717, 1.165) is 10.8 Å². The van der Waals surface area contributed by atoms with Gasteiger partial charge in [0.25, 0.3) is 11.7 Å². The molecular formula is C27H17ClFNO3. The lowest BCUT2D eigenvalue weighted by atomic mass is 9.91. The van der Waals surface area contributed by atoms with Gasteiger partial charge < -0.3 is 5.11 Å². The number of carbonyl (C=O) groups excluding carboxylic acids is 2. The molecule has 4 aromatic rings. The highest BCUT2D eigenvalue weighted by Gasteiger charge is 2.47. The number of halogens is 2. The van der Waals surface area contributed by atoms with Crippen molar-refractivity contribution < 1.29 is 19.1 Å². The summed E-state index contributed by atoms with van der Waals surface area (Å²) in [4.78, 5) is 27.9. The van der Waals surface area contributed by atoms with Crippen molar-refractivity contribution in [2.75, 3.05) is 4.90 Å². The van der Waals surface area contributed by atoms with E-state index < -0.39 is 23.5 Å². The number of nitrogens with zero attached hydrogens (tertiary/aromatic N) is 1. The van der Waals surface area contributed by atoms with Crippen molar-refractivity contribution in [1.82, 2.24) is 0 Å². The summed E-state index contributed by atoms with van der Waals surface area (Å²) in [5, 5.41) is 13.3. The maximum Gasteiger partial charge on any atom is 0.300 e. The van der Waals surface area contributed by atoms with Crippen molar-refractivity contribution in [3.63, 3.8) is 0 Å². The minimum Gasteiger partial charge on any atom is -0.507 e. The summed E-state index contributed by atoms with van der Waals surface area (Å²) in [6, 6.07) is 24.1. The zero-order valence-electron chi connectivity index (χ0n) is 17.2. The Hall–Kier alpha value is -3.96. The van der Waals surface area contributed by atoms with Gasteiger partial charge in [-0.25, -0.2) is 4.39 Å². The topological polar surface area (TPSA) is 57.6 Å². The SMILES string of the molecule is O=C1C(=O)N(c2cccc(Cl)c2)C(c2cccc3ccccc23)/C1=C(/O)c1ccc(F)cc1. The van der Waals surface area contributed by atoms with Gasteiger partial charge >= 0.3 is 0 Å². The van der Waals surface area contributed by atoms with Gasteiger partial charge in [0.1, 0.15) is 11.6 Å². The molecule has 1 fully saturated rings. The quantitative estimate of drug-likeness (QED) is 0.224. The zero-order chi connectivity index (χ0) is 23.1. The third-order valence-electron chi connectivity index (χ3n) is 5.77. The number of carbonyl (C=O) groups is 2. The Kier molecular flexibility index (Phi) is 5.19. The lowest BCUT2D eigenvalue weighted by Gasteiger charge is -2.26. The average molecular weight is 458 g/mol. The van der Waals surface area contributed by atoms with Gasteiger partial charge in [0.15, 0.2) is 0 Å². The number of ketones is 1. The minimum atomic E-state index is -0.903. The Bertz CT molecular complexity index is 1440. The first-order valence-corrected chi connectivity index (χ1v) is 10.6. The van der Waals surface area contributed by atoms with E-state index in [-0.39, 0.29) is 16.9 Å². The van der Waals surface area contributed by atoms with Crippen molar-refractivity contribution in [2.24, 2.45) is 0 Å². The van der Waals surface area contributed by atoms with Crippen molar-refractivity contribution in [2.45, 2.75) is 6.04 Å². The highest BCUT2D eigenvalue weighted by Crippen LogP contribution is 2.44. The van der Waals surface area contributed by atoms with Gasteiger partial charge in [0, 0.05) is 16.3 Å². The van der Waals surface area contributed by atoms with Gasteiger partial charge in [-0.05, 0) is 58.8 Å². The fourth-order valence-corrected chi connectivity index (χ4v) is 4.46. The van der Waals surface area contributed by atoms with E-state index in [1.807, 2.05) is 42.5 Å². The van der Waals surface area contributed by atoms with Gasteiger partial charge in [-0.2, -0.15) is 0 Å². The molecule has 1 aliphatic heterocycles. The molecule has 0 aromatic heterocycles. The minimum absolute atomic E-state index is 0.0667. The number of aliphatic hydroxyl groups is 1. The van der Waals surface area contributed by atoms with Gasteiger partial charge in [-0.3, -0.25) is 14.5 Å². The molecule has 4 nitrogen and oxygen atoms in total. The van der Waals surface area contributed by atoms with E-state index in [1.165, 1.54) is 29.2 Å². The van der Waals surface area contributed by atoms with Crippen LogP contribution in [0.3, 0.4) is 0 Å². The summed E-state index contributed by atoms with van der Waals surface area (Å²) in [6.45, 7) is 0. The Labute approximate surface area is 194 Å². The maximum atomic E-state index is 13.5. The maximum absolute atomic E-state index is 13.5. The molecule has 1 aliphatic rings. The summed E-state index contributed by atoms with van der Waals surface area (Å²) in [6.07, 6.45) is 0. The molecule has 1 N–H and O–H groups in total. The van der Waals surface area contributed by atoms with Crippen LogP contribution >= 0.6 is 11.6 Å². The van der Waals surface area contributed by atoms with Gasteiger partial charge in [-0.1, -0.05) is 60.1 Å². The smallest absolute Gasteiger partial charge is 0.300 e. The monoisotopic (exact) mass is 457 g/mol. The highest BCUT2D eigenvalue weighted by atomic mass is 35.5. The first kappa shape index (κ1) is 20.9. The van der Waals surface area contributed by atoms with Crippen LogP contribution in [0.15, 0.2) is 96.6 Å². The van der Waals surface area contributed by atoms with E-state index in [0.29, 0.717) is 16.3 Å². The molecular weight excluding hydrogens is 441 g/mol. The lowest BCUT2D eigenvalue weighted by Crippen LogP contribution is -2.29. The van der Waals surface area contributed by atoms with E-state index in [9.17, 15) is 19.1 Å². The number of Topliss-reactive ketones (excluding diaryl/α,β-unsaturated/α-hetero) is 1. The standard InChI is InChI=1S/C27H17ClFNO3/c28-18-7-4-8-20(15-18)30-24(22-10-3-6-16-5-1-2-9-21(16)22)23(26(32)27(30)33)25(31)17-11-13-19(29)14-12-17/h1-15,24,31H/b25-23-. The number of amides is 1. The summed E-state index contributed by atoms with van der Waals surface area (Å²) in [5.41, 5.74) is 1.28.